The van der Waals surface area contributed by atoms with E-state index in [4.69, 9.17) is 4.74 Å². The Hall–Kier alpha value is -2.62. The first-order valence-electron chi connectivity index (χ1n) is 6.13. The summed E-state index contributed by atoms with van der Waals surface area (Å²) in [5.74, 6) is 0.707. The van der Waals surface area contributed by atoms with Crippen LogP contribution in [0.3, 0.4) is 0 Å². The molecule has 22 heavy (non-hydrogen) atoms. The number of nitrogens with zero attached hydrogens (tertiary/aromatic N) is 3. The monoisotopic (exact) mass is 323 g/mol. The molecule has 0 aliphatic carbocycles. The number of anilines is 1. The quantitative estimate of drug-likeness (QED) is 0.471. The van der Waals surface area contributed by atoms with Gasteiger partial charge in [0.25, 0.3) is 5.69 Å². The molecule has 0 saturated carbocycles. The fourth-order valence-corrected chi connectivity index (χ4v) is 2.24. The smallest absolute Gasteiger partial charge is 0.273 e. The zero-order valence-corrected chi connectivity index (χ0v) is 12.6. The number of hydrogen-bond donors (Lipinski definition) is 2. The molecular formula is C12H13N5O4S. The summed E-state index contributed by atoms with van der Waals surface area (Å²) in [6.07, 6.45) is 0. The van der Waals surface area contributed by atoms with Crippen LogP contribution in [0.4, 0.5) is 11.4 Å². The van der Waals surface area contributed by atoms with Gasteiger partial charge in [-0.05, 0) is 13.0 Å². The summed E-state index contributed by atoms with van der Waals surface area (Å²) in [5, 5.41) is 20.4. The van der Waals surface area contributed by atoms with Gasteiger partial charge in [0.15, 0.2) is 0 Å². The Bertz CT molecular complexity index is 703. The van der Waals surface area contributed by atoms with Crippen LogP contribution in [0.25, 0.3) is 0 Å². The molecule has 1 heterocycles. The summed E-state index contributed by atoms with van der Waals surface area (Å²) in [7, 11) is 1.37. The number of methoxy groups -OCH3 is 1. The molecule has 0 aliphatic heterocycles. The maximum atomic E-state index is 11.9. The zero-order chi connectivity index (χ0) is 16.1. The number of rotatable bonds is 6. The highest BCUT2D eigenvalue weighted by molar-refractivity contribution is 7.99. The molecule has 2 rings (SSSR count). The van der Waals surface area contributed by atoms with Crippen molar-refractivity contribution >= 4 is 29.0 Å². The number of ether oxygens (including phenoxy) is 1. The Morgan fingerprint density at radius 3 is 2.91 bits per heavy atom. The van der Waals surface area contributed by atoms with Gasteiger partial charge in [-0.3, -0.25) is 20.0 Å². The highest BCUT2D eigenvalue weighted by Crippen LogP contribution is 2.29. The number of hydrogen-bond acceptors (Lipinski definition) is 7. The Labute approximate surface area is 129 Å². The number of thioether (sulfide) groups is 1. The predicted molar refractivity (Wildman–Crippen MR) is 80.1 cm³/mol. The van der Waals surface area contributed by atoms with Crippen molar-refractivity contribution in [2.24, 2.45) is 0 Å². The minimum Gasteiger partial charge on any atom is -0.494 e. The van der Waals surface area contributed by atoms with Gasteiger partial charge in [-0.1, -0.05) is 11.8 Å². The van der Waals surface area contributed by atoms with Gasteiger partial charge in [-0.15, -0.1) is 5.10 Å². The number of nitro benzene ring substituents is 1. The summed E-state index contributed by atoms with van der Waals surface area (Å²) in [4.78, 5) is 26.1. The third-order valence-corrected chi connectivity index (χ3v) is 3.43. The van der Waals surface area contributed by atoms with Crippen LogP contribution in [0.5, 0.6) is 5.75 Å². The number of H-pyrrole nitrogens is 1. The van der Waals surface area contributed by atoms with Crippen molar-refractivity contribution in [3.63, 3.8) is 0 Å². The van der Waals surface area contributed by atoms with E-state index in [9.17, 15) is 14.9 Å². The highest BCUT2D eigenvalue weighted by Gasteiger charge is 2.14. The van der Waals surface area contributed by atoms with E-state index in [0.29, 0.717) is 16.7 Å². The largest absolute Gasteiger partial charge is 0.494 e. The standard InChI is InChI=1S/C12H13N5O4S/c1-7-13-12(16-15-7)22-6-11(18)14-9-4-3-8(17(19)20)5-10(9)21-2/h3-5H,6H2,1-2H3,(H,14,18)(H,13,15,16). The average molecular weight is 323 g/mol. The highest BCUT2D eigenvalue weighted by atomic mass is 32.2. The first-order valence-corrected chi connectivity index (χ1v) is 7.12. The lowest BCUT2D eigenvalue weighted by molar-refractivity contribution is -0.384. The predicted octanol–water partition coefficient (Wildman–Crippen LogP) is 1.76. The molecule has 9 nitrogen and oxygen atoms in total. The van der Waals surface area contributed by atoms with Crippen LogP contribution in [0.2, 0.25) is 0 Å². The summed E-state index contributed by atoms with van der Waals surface area (Å²) >= 11 is 1.18. The number of nitro groups is 1. The van der Waals surface area contributed by atoms with Crippen LogP contribution in [-0.4, -0.2) is 38.9 Å². The number of aryl methyl sites for hydroxylation is 1. The lowest BCUT2D eigenvalue weighted by Crippen LogP contribution is -2.14. The van der Waals surface area contributed by atoms with Crippen molar-refractivity contribution in [3.8, 4) is 5.75 Å². The summed E-state index contributed by atoms with van der Waals surface area (Å²) in [6.45, 7) is 1.76. The average Bonchev–Trinajstić information content (AvgIpc) is 2.91. The van der Waals surface area contributed by atoms with Crippen molar-refractivity contribution in [2.75, 3.05) is 18.2 Å². The van der Waals surface area contributed by atoms with Gasteiger partial charge >= 0.3 is 0 Å². The SMILES string of the molecule is COc1cc([N+](=O)[O-])ccc1NC(=O)CSc1n[nH]c(C)n1. The molecule has 0 saturated heterocycles. The molecule has 116 valence electrons. The fraction of sp³-hybridized carbons (Fsp3) is 0.250. The Morgan fingerprint density at radius 2 is 2.32 bits per heavy atom. The van der Waals surface area contributed by atoms with Crippen LogP contribution in [-0.2, 0) is 4.79 Å². The maximum absolute atomic E-state index is 11.9. The van der Waals surface area contributed by atoms with Crippen LogP contribution in [0, 0.1) is 17.0 Å². The molecule has 0 bridgehead atoms. The number of carbonyl (C=O) groups is 1. The van der Waals surface area contributed by atoms with Crippen LogP contribution < -0.4 is 10.1 Å². The maximum Gasteiger partial charge on any atom is 0.273 e. The molecule has 1 aromatic carbocycles. The van der Waals surface area contributed by atoms with Crippen LogP contribution in [0.1, 0.15) is 5.82 Å². The van der Waals surface area contributed by atoms with Gasteiger partial charge in [-0.25, -0.2) is 4.98 Å². The zero-order valence-electron chi connectivity index (χ0n) is 11.8. The summed E-state index contributed by atoms with van der Waals surface area (Å²) < 4.78 is 5.05. The number of aromatic nitrogens is 3. The second kappa shape index (κ2) is 6.89. The number of carbonyl (C=O) groups excluding carboxylic acids is 1. The van der Waals surface area contributed by atoms with Crippen molar-refractivity contribution < 1.29 is 14.5 Å². The number of non-ortho nitro benzene ring substituents is 1. The van der Waals surface area contributed by atoms with Crippen molar-refractivity contribution in [1.82, 2.24) is 15.2 Å². The Balaban J connectivity index is 2.00. The molecule has 10 heteroatoms. The normalized spacial score (nSPS) is 10.3. The molecule has 2 aromatic rings. The second-order valence-electron chi connectivity index (χ2n) is 4.18. The molecule has 0 fully saturated rings. The molecular weight excluding hydrogens is 310 g/mol. The molecule has 0 atom stereocenters. The van der Waals surface area contributed by atoms with Crippen molar-refractivity contribution in [3.05, 3.63) is 34.1 Å². The minimum atomic E-state index is -0.532. The van der Waals surface area contributed by atoms with E-state index in [0.717, 1.165) is 0 Å². The molecule has 0 aliphatic rings. The van der Waals surface area contributed by atoms with E-state index in [1.807, 2.05) is 0 Å². The third kappa shape index (κ3) is 3.95. The molecule has 0 radical (unpaired) electrons. The van der Waals surface area contributed by atoms with Gasteiger partial charge < -0.3 is 10.1 Å². The fourth-order valence-electron chi connectivity index (χ4n) is 1.60. The first-order chi connectivity index (χ1) is 10.5. The minimum absolute atomic E-state index is 0.109. The van der Waals surface area contributed by atoms with Crippen LogP contribution in [0.15, 0.2) is 23.4 Å². The lowest BCUT2D eigenvalue weighted by atomic mass is 10.2. The third-order valence-electron chi connectivity index (χ3n) is 2.58. The van der Waals surface area contributed by atoms with E-state index >= 15 is 0 Å². The Kier molecular flexibility index (Phi) is 4.94. The van der Waals surface area contributed by atoms with Gasteiger partial charge in [0, 0.05) is 6.07 Å². The van der Waals surface area contributed by atoms with Crippen molar-refractivity contribution in [1.29, 1.82) is 0 Å². The first kappa shape index (κ1) is 15.8. The Morgan fingerprint density at radius 1 is 1.55 bits per heavy atom. The van der Waals surface area contributed by atoms with Gasteiger partial charge in [0.2, 0.25) is 11.1 Å². The lowest BCUT2D eigenvalue weighted by Gasteiger charge is -2.09. The number of amides is 1. The second-order valence-corrected chi connectivity index (χ2v) is 5.12. The summed E-state index contributed by atoms with van der Waals surface area (Å²) in [5.41, 5.74) is 0.255. The van der Waals surface area contributed by atoms with E-state index in [-0.39, 0.29) is 23.1 Å². The topological polar surface area (TPSA) is 123 Å². The van der Waals surface area contributed by atoms with Crippen LogP contribution >= 0.6 is 11.8 Å². The molecule has 1 amide bonds. The van der Waals surface area contributed by atoms with Crippen molar-refractivity contribution in [2.45, 2.75) is 12.1 Å². The van der Waals surface area contributed by atoms with Gasteiger partial charge in [0.05, 0.1) is 29.5 Å². The number of aromatic amines is 1. The van der Waals surface area contributed by atoms with Gasteiger partial charge in [0.1, 0.15) is 11.6 Å². The molecule has 0 spiro atoms. The molecule has 2 N–H and O–H groups in total. The number of benzene rings is 1. The number of nitrogens with one attached hydrogen (secondary N) is 2. The molecule has 1 aromatic heterocycles. The van der Waals surface area contributed by atoms with E-state index in [1.54, 1.807) is 6.92 Å². The summed E-state index contributed by atoms with van der Waals surface area (Å²) in [6, 6.07) is 3.97. The van der Waals surface area contributed by atoms with E-state index in [2.05, 4.69) is 20.5 Å². The van der Waals surface area contributed by atoms with E-state index in [1.165, 1.54) is 37.1 Å². The van der Waals surface area contributed by atoms with E-state index < -0.39 is 4.92 Å². The van der Waals surface area contributed by atoms with Gasteiger partial charge in [-0.2, -0.15) is 0 Å². The molecule has 0 unspecified atom stereocenters.